The standard InChI is InChI=1S/C10H12O2/c1-8(12-9(2)11)10-6-4-3-5-7-10/h3-8H,1-2H3/t8-/m0/s1/i1+1. The van der Waals surface area contributed by atoms with Crippen LogP contribution in [0.25, 0.3) is 0 Å². The number of ether oxygens (including phenoxy) is 1. The summed E-state index contributed by atoms with van der Waals surface area (Å²) in [5, 5.41) is 0. The minimum Gasteiger partial charge on any atom is -0.458 e. The molecule has 1 atom stereocenters. The Hall–Kier alpha value is -1.31. The molecule has 0 aromatic heterocycles. The van der Waals surface area contributed by atoms with Crippen molar-refractivity contribution in [2.75, 3.05) is 0 Å². The number of hydrogen-bond acceptors (Lipinski definition) is 2. The summed E-state index contributed by atoms with van der Waals surface area (Å²) in [5.74, 6) is -0.244. The van der Waals surface area contributed by atoms with Crippen molar-refractivity contribution in [2.45, 2.75) is 20.0 Å². The minimum absolute atomic E-state index is 0.149. The number of carbonyl (C=O) groups is 1. The first-order valence-corrected chi connectivity index (χ1v) is 3.92. The molecule has 0 saturated heterocycles. The molecule has 0 spiro atoms. The number of esters is 1. The Kier molecular flexibility index (Phi) is 2.86. The molecule has 0 fully saturated rings. The van der Waals surface area contributed by atoms with Crippen LogP contribution in [0.3, 0.4) is 0 Å². The second-order valence-electron chi connectivity index (χ2n) is 2.66. The van der Waals surface area contributed by atoms with E-state index in [1.807, 2.05) is 37.3 Å². The summed E-state index contributed by atoms with van der Waals surface area (Å²) >= 11 is 0. The van der Waals surface area contributed by atoms with Crippen molar-refractivity contribution in [2.24, 2.45) is 0 Å². The Morgan fingerprint density at radius 1 is 1.33 bits per heavy atom. The van der Waals surface area contributed by atoms with Gasteiger partial charge in [0.05, 0.1) is 0 Å². The highest BCUT2D eigenvalue weighted by atomic mass is 16.5. The van der Waals surface area contributed by atoms with Crippen LogP contribution in [0.2, 0.25) is 0 Å². The molecule has 12 heavy (non-hydrogen) atoms. The average molecular weight is 165 g/mol. The summed E-state index contributed by atoms with van der Waals surface area (Å²) in [4.78, 5) is 10.6. The molecular formula is C10H12O2. The topological polar surface area (TPSA) is 26.3 Å². The maximum Gasteiger partial charge on any atom is 0.303 e. The van der Waals surface area contributed by atoms with E-state index in [0.29, 0.717) is 0 Å². The predicted molar refractivity (Wildman–Crippen MR) is 46.6 cm³/mol. The van der Waals surface area contributed by atoms with Gasteiger partial charge in [0.25, 0.3) is 0 Å². The van der Waals surface area contributed by atoms with Gasteiger partial charge in [0.1, 0.15) is 6.10 Å². The van der Waals surface area contributed by atoms with E-state index in [1.165, 1.54) is 6.92 Å². The molecule has 0 aliphatic rings. The van der Waals surface area contributed by atoms with E-state index < -0.39 is 0 Å². The zero-order valence-electron chi connectivity index (χ0n) is 7.28. The van der Waals surface area contributed by atoms with Crippen LogP contribution < -0.4 is 0 Å². The molecule has 0 aliphatic heterocycles. The molecule has 0 heterocycles. The van der Waals surface area contributed by atoms with Gasteiger partial charge in [0.2, 0.25) is 0 Å². The minimum atomic E-state index is -0.244. The summed E-state index contributed by atoms with van der Waals surface area (Å²) in [6, 6.07) is 9.66. The van der Waals surface area contributed by atoms with Crippen molar-refractivity contribution in [1.29, 1.82) is 0 Å². The predicted octanol–water partition coefficient (Wildman–Crippen LogP) is 2.31. The monoisotopic (exact) mass is 165 g/mol. The second kappa shape index (κ2) is 3.90. The fourth-order valence-corrected chi connectivity index (χ4v) is 1.04. The highest BCUT2D eigenvalue weighted by Crippen LogP contribution is 2.15. The summed E-state index contributed by atoms with van der Waals surface area (Å²) in [6.45, 7) is 3.27. The maximum atomic E-state index is 10.6. The Bertz CT molecular complexity index is 254. The lowest BCUT2D eigenvalue weighted by Crippen LogP contribution is -2.04. The Balaban J connectivity index is 2.65. The third-order valence-corrected chi connectivity index (χ3v) is 1.61. The lowest BCUT2D eigenvalue weighted by molar-refractivity contribution is -0.145. The lowest BCUT2D eigenvalue weighted by Gasteiger charge is -2.11. The van der Waals surface area contributed by atoms with Crippen molar-refractivity contribution in [3.05, 3.63) is 35.9 Å². The first kappa shape index (κ1) is 8.78. The molecule has 64 valence electrons. The SMILES string of the molecule is CC(=O)O[C@@H]([13CH3])c1ccccc1. The van der Waals surface area contributed by atoms with Crippen LogP contribution in [0.4, 0.5) is 0 Å². The van der Waals surface area contributed by atoms with Crippen molar-refractivity contribution in [3.8, 4) is 0 Å². The van der Waals surface area contributed by atoms with E-state index >= 15 is 0 Å². The quantitative estimate of drug-likeness (QED) is 0.496. The van der Waals surface area contributed by atoms with E-state index in [0.717, 1.165) is 5.56 Å². The smallest absolute Gasteiger partial charge is 0.303 e. The summed E-state index contributed by atoms with van der Waals surface area (Å²) < 4.78 is 5.00. The third kappa shape index (κ3) is 2.38. The van der Waals surface area contributed by atoms with Crippen molar-refractivity contribution in [1.82, 2.24) is 0 Å². The summed E-state index contributed by atoms with van der Waals surface area (Å²) in [6.07, 6.45) is -0.149. The van der Waals surface area contributed by atoms with E-state index in [9.17, 15) is 4.79 Å². The highest BCUT2D eigenvalue weighted by Gasteiger charge is 2.06. The van der Waals surface area contributed by atoms with Crippen LogP contribution in [0.15, 0.2) is 30.3 Å². The first-order valence-electron chi connectivity index (χ1n) is 3.92. The van der Waals surface area contributed by atoms with Gasteiger partial charge >= 0.3 is 5.97 Å². The molecule has 0 amide bonds. The molecule has 1 aromatic carbocycles. The van der Waals surface area contributed by atoms with Crippen LogP contribution in [0, 0.1) is 0 Å². The van der Waals surface area contributed by atoms with Gasteiger partial charge in [-0.1, -0.05) is 30.3 Å². The maximum absolute atomic E-state index is 10.6. The fourth-order valence-electron chi connectivity index (χ4n) is 1.04. The van der Waals surface area contributed by atoms with Crippen LogP contribution in [0.1, 0.15) is 25.5 Å². The second-order valence-corrected chi connectivity index (χ2v) is 2.66. The van der Waals surface area contributed by atoms with Gasteiger partial charge in [0.15, 0.2) is 0 Å². The molecule has 0 saturated carbocycles. The van der Waals surface area contributed by atoms with Gasteiger partial charge < -0.3 is 4.74 Å². The van der Waals surface area contributed by atoms with E-state index in [4.69, 9.17) is 4.74 Å². The molecule has 2 heteroatoms. The lowest BCUT2D eigenvalue weighted by atomic mass is 10.2. The van der Waals surface area contributed by atoms with Crippen molar-refractivity contribution < 1.29 is 9.53 Å². The van der Waals surface area contributed by atoms with Crippen molar-refractivity contribution in [3.63, 3.8) is 0 Å². The Morgan fingerprint density at radius 2 is 1.92 bits per heavy atom. The average Bonchev–Trinajstić information content (AvgIpc) is 2.05. The highest BCUT2D eigenvalue weighted by molar-refractivity contribution is 5.66. The first-order chi connectivity index (χ1) is 5.70. The normalized spacial score (nSPS) is 12.2. The molecule has 0 N–H and O–H groups in total. The van der Waals surface area contributed by atoms with Crippen LogP contribution in [-0.4, -0.2) is 5.97 Å². The molecule has 0 radical (unpaired) electrons. The number of rotatable bonds is 2. The third-order valence-electron chi connectivity index (χ3n) is 1.61. The van der Waals surface area contributed by atoms with Gasteiger partial charge in [-0.2, -0.15) is 0 Å². The molecule has 2 nitrogen and oxygen atoms in total. The van der Waals surface area contributed by atoms with Gasteiger partial charge in [-0.15, -0.1) is 0 Å². The Morgan fingerprint density at radius 3 is 2.42 bits per heavy atom. The molecule has 0 aliphatic carbocycles. The Labute approximate surface area is 72.2 Å². The molecule has 0 unspecified atom stereocenters. The van der Waals surface area contributed by atoms with Gasteiger partial charge in [-0.3, -0.25) is 4.79 Å². The van der Waals surface area contributed by atoms with E-state index in [1.54, 1.807) is 0 Å². The van der Waals surface area contributed by atoms with Gasteiger partial charge in [-0.25, -0.2) is 0 Å². The number of carbonyl (C=O) groups excluding carboxylic acids is 1. The molecule has 0 bridgehead atoms. The van der Waals surface area contributed by atoms with Gasteiger partial charge in [-0.05, 0) is 12.5 Å². The van der Waals surface area contributed by atoms with E-state index in [-0.39, 0.29) is 12.1 Å². The van der Waals surface area contributed by atoms with Crippen LogP contribution >= 0.6 is 0 Å². The van der Waals surface area contributed by atoms with Gasteiger partial charge in [0, 0.05) is 6.92 Å². The largest absolute Gasteiger partial charge is 0.458 e. The fraction of sp³-hybridized carbons (Fsp3) is 0.300. The van der Waals surface area contributed by atoms with E-state index in [2.05, 4.69) is 0 Å². The zero-order chi connectivity index (χ0) is 8.97. The molecular weight excluding hydrogens is 153 g/mol. The molecule has 1 rings (SSSR count). The summed E-state index contributed by atoms with van der Waals surface area (Å²) in [5.41, 5.74) is 1.02. The van der Waals surface area contributed by atoms with Crippen LogP contribution in [-0.2, 0) is 9.53 Å². The number of benzene rings is 1. The molecule has 1 aromatic rings. The van der Waals surface area contributed by atoms with Crippen LogP contribution in [0.5, 0.6) is 0 Å². The number of hydrogen-bond donors (Lipinski definition) is 0. The summed E-state index contributed by atoms with van der Waals surface area (Å²) in [7, 11) is 0. The van der Waals surface area contributed by atoms with Crippen molar-refractivity contribution >= 4 is 5.97 Å². The zero-order valence-corrected chi connectivity index (χ0v) is 7.28.